The van der Waals surface area contributed by atoms with Gasteiger partial charge in [-0.25, -0.2) is 13.2 Å². The zero-order valence-corrected chi connectivity index (χ0v) is 15.9. The zero-order chi connectivity index (χ0) is 19.4. The second-order valence-electron chi connectivity index (χ2n) is 6.73. The van der Waals surface area contributed by atoms with Crippen LogP contribution < -0.4 is 0 Å². The minimum Gasteiger partial charge on any atom is -0.457 e. The van der Waals surface area contributed by atoms with Gasteiger partial charge in [0.25, 0.3) is 0 Å². The summed E-state index contributed by atoms with van der Waals surface area (Å²) in [5, 5.41) is 0. The Balaban J connectivity index is 2.16. The first-order chi connectivity index (χ1) is 12.1. The molecular formula is C21H22O4S. The maximum Gasteiger partial charge on any atom is 0.331 e. The van der Waals surface area contributed by atoms with Gasteiger partial charge in [-0.15, -0.1) is 0 Å². The van der Waals surface area contributed by atoms with E-state index >= 15 is 0 Å². The summed E-state index contributed by atoms with van der Waals surface area (Å²) in [5.41, 5.74) is 0.693. The van der Waals surface area contributed by atoms with Crippen molar-refractivity contribution in [2.45, 2.75) is 31.3 Å². The number of benzene rings is 2. The predicted molar refractivity (Wildman–Crippen MR) is 104 cm³/mol. The first-order valence-corrected chi connectivity index (χ1v) is 9.58. The van der Waals surface area contributed by atoms with Crippen molar-refractivity contribution in [3.8, 4) is 0 Å². The van der Waals surface area contributed by atoms with E-state index in [2.05, 4.69) is 6.58 Å². The van der Waals surface area contributed by atoms with E-state index < -0.39 is 21.4 Å². The third kappa shape index (κ3) is 5.17. The van der Waals surface area contributed by atoms with Crippen molar-refractivity contribution < 1.29 is 17.9 Å². The van der Waals surface area contributed by atoms with Crippen LogP contribution in [0.4, 0.5) is 0 Å². The molecule has 5 heteroatoms. The maximum atomic E-state index is 12.7. The van der Waals surface area contributed by atoms with Crippen LogP contribution in [0.1, 0.15) is 31.9 Å². The number of carbonyl (C=O) groups is 1. The predicted octanol–water partition coefficient (Wildman–Crippen LogP) is 4.49. The Morgan fingerprint density at radius 2 is 1.58 bits per heavy atom. The summed E-state index contributed by atoms with van der Waals surface area (Å²) in [6.45, 7) is 9.09. The molecule has 0 unspecified atom stereocenters. The Morgan fingerprint density at radius 3 is 2.12 bits per heavy atom. The quantitative estimate of drug-likeness (QED) is 0.575. The maximum absolute atomic E-state index is 12.7. The molecular weight excluding hydrogens is 348 g/mol. The number of ether oxygens (including phenoxy) is 1. The van der Waals surface area contributed by atoms with Gasteiger partial charge in [0, 0.05) is 6.08 Å². The van der Waals surface area contributed by atoms with E-state index in [0.29, 0.717) is 11.1 Å². The highest BCUT2D eigenvalue weighted by atomic mass is 32.2. The summed E-state index contributed by atoms with van der Waals surface area (Å²) in [6.07, 6.45) is 2.90. The number of rotatable bonds is 5. The molecule has 2 aromatic rings. The first-order valence-electron chi connectivity index (χ1n) is 8.10. The molecule has 0 saturated heterocycles. The van der Waals surface area contributed by atoms with Gasteiger partial charge in [0.2, 0.25) is 9.84 Å². The molecule has 0 atom stereocenters. The van der Waals surface area contributed by atoms with Crippen molar-refractivity contribution in [2.75, 3.05) is 0 Å². The monoisotopic (exact) mass is 370 g/mol. The molecule has 0 heterocycles. The van der Waals surface area contributed by atoms with Crippen LogP contribution >= 0.6 is 0 Å². The van der Waals surface area contributed by atoms with Gasteiger partial charge in [-0.05, 0) is 50.1 Å². The molecule has 2 rings (SSSR count). The molecule has 0 N–H and O–H groups in total. The van der Waals surface area contributed by atoms with Crippen LogP contribution in [0.3, 0.4) is 0 Å². The lowest BCUT2D eigenvalue weighted by molar-refractivity contribution is -0.148. The van der Waals surface area contributed by atoms with Crippen molar-refractivity contribution >= 4 is 26.8 Å². The second-order valence-corrected chi connectivity index (χ2v) is 8.70. The van der Waals surface area contributed by atoms with E-state index in [-0.39, 0.29) is 9.80 Å². The van der Waals surface area contributed by atoms with Gasteiger partial charge in [-0.2, -0.15) is 0 Å². The van der Waals surface area contributed by atoms with Crippen LogP contribution in [0, 0.1) is 0 Å². The molecule has 0 radical (unpaired) electrons. The molecule has 0 aliphatic heterocycles. The number of sulfone groups is 1. The molecule has 0 bridgehead atoms. The topological polar surface area (TPSA) is 60.4 Å². The molecule has 2 aromatic carbocycles. The minimum absolute atomic E-state index is 0.0511. The van der Waals surface area contributed by atoms with Crippen LogP contribution in [-0.2, 0) is 19.4 Å². The van der Waals surface area contributed by atoms with Gasteiger partial charge in [-0.3, -0.25) is 0 Å². The number of esters is 1. The highest BCUT2D eigenvalue weighted by Crippen LogP contribution is 2.26. The molecule has 0 aromatic heterocycles. The van der Waals surface area contributed by atoms with E-state index in [0.717, 1.165) is 0 Å². The van der Waals surface area contributed by atoms with Crippen LogP contribution in [0.25, 0.3) is 11.0 Å². The fourth-order valence-electron chi connectivity index (χ4n) is 2.18. The van der Waals surface area contributed by atoms with Crippen molar-refractivity contribution in [2.24, 2.45) is 0 Å². The molecule has 0 spiro atoms. The van der Waals surface area contributed by atoms with Crippen LogP contribution in [0.5, 0.6) is 0 Å². The van der Waals surface area contributed by atoms with Gasteiger partial charge >= 0.3 is 5.97 Å². The minimum atomic E-state index is -3.67. The van der Waals surface area contributed by atoms with E-state index in [4.69, 9.17) is 4.74 Å². The van der Waals surface area contributed by atoms with Crippen molar-refractivity contribution in [3.05, 3.63) is 78.4 Å². The fourth-order valence-corrected chi connectivity index (χ4v) is 3.40. The smallest absolute Gasteiger partial charge is 0.331 e. The van der Waals surface area contributed by atoms with Gasteiger partial charge in [0.1, 0.15) is 5.60 Å². The van der Waals surface area contributed by atoms with Crippen LogP contribution in [-0.4, -0.2) is 20.0 Å². The lowest BCUT2D eigenvalue weighted by atomic mass is 10.2. The fraction of sp³-hybridized carbons (Fsp3) is 0.190. The van der Waals surface area contributed by atoms with Gasteiger partial charge in [0.15, 0.2) is 0 Å². The lowest BCUT2D eigenvalue weighted by Crippen LogP contribution is -2.22. The Hall–Kier alpha value is -2.66. The summed E-state index contributed by atoms with van der Waals surface area (Å²) in [4.78, 5) is 11.9. The third-order valence-corrected chi connectivity index (χ3v) is 5.21. The molecule has 4 nitrogen and oxygen atoms in total. The summed E-state index contributed by atoms with van der Waals surface area (Å²) >= 11 is 0. The van der Waals surface area contributed by atoms with Crippen molar-refractivity contribution in [1.82, 2.24) is 0 Å². The van der Waals surface area contributed by atoms with Gasteiger partial charge in [0.05, 0.1) is 9.80 Å². The Morgan fingerprint density at radius 1 is 1.00 bits per heavy atom. The van der Waals surface area contributed by atoms with E-state index in [1.54, 1.807) is 63.2 Å². The summed E-state index contributed by atoms with van der Waals surface area (Å²) in [6, 6.07) is 15.0. The molecule has 0 aliphatic carbocycles. The lowest BCUT2D eigenvalue weighted by Gasteiger charge is -2.17. The average Bonchev–Trinajstić information content (AvgIpc) is 2.59. The SMILES string of the molecule is C=C(c1ccccc1)S(=O)(=O)c1ccc(/C=C/C(=O)OC(C)(C)C)cc1. The molecule has 0 aliphatic rings. The molecule has 136 valence electrons. The molecule has 0 amide bonds. The Kier molecular flexibility index (Phi) is 5.83. The van der Waals surface area contributed by atoms with Crippen molar-refractivity contribution in [1.29, 1.82) is 0 Å². The normalized spacial score (nSPS) is 12.1. The molecule has 0 fully saturated rings. The van der Waals surface area contributed by atoms with E-state index in [9.17, 15) is 13.2 Å². The third-order valence-electron chi connectivity index (χ3n) is 3.43. The summed E-state index contributed by atoms with van der Waals surface area (Å²) in [7, 11) is -3.67. The average molecular weight is 370 g/mol. The standard InChI is InChI=1S/C21H22O4S/c1-16(18-8-6-5-7-9-18)26(23,24)19-13-10-17(11-14-19)12-15-20(22)25-21(2,3)4/h5-15H,1H2,2-4H3/b15-12+. The number of hydrogen-bond donors (Lipinski definition) is 0. The summed E-state index contributed by atoms with van der Waals surface area (Å²) in [5.74, 6) is -0.452. The largest absolute Gasteiger partial charge is 0.457 e. The molecule has 0 saturated carbocycles. The Bertz CT molecular complexity index is 916. The van der Waals surface area contributed by atoms with E-state index in [1.165, 1.54) is 18.2 Å². The highest BCUT2D eigenvalue weighted by Gasteiger charge is 2.20. The van der Waals surface area contributed by atoms with Crippen molar-refractivity contribution in [3.63, 3.8) is 0 Å². The number of carbonyl (C=O) groups excluding carboxylic acids is 1. The zero-order valence-electron chi connectivity index (χ0n) is 15.1. The highest BCUT2D eigenvalue weighted by molar-refractivity contribution is 8.00. The number of hydrogen-bond acceptors (Lipinski definition) is 4. The van der Waals surface area contributed by atoms with Gasteiger partial charge in [-0.1, -0.05) is 49.0 Å². The van der Waals surface area contributed by atoms with Crippen LogP contribution in [0.2, 0.25) is 0 Å². The van der Waals surface area contributed by atoms with Crippen LogP contribution in [0.15, 0.2) is 72.1 Å². The van der Waals surface area contributed by atoms with Gasteiger partial charge < -0.3 is 4.74 Å². The van der Waals surface area contributed by atoms with E-state index in [1.807, 2.05) is 6.07 Å². The summed E-state index contributed by atoms with van der Waals surface area (Å²) < 4.78 is 30.5. The first kappa shape index (κ1) is 19.7. The Labute approximate surface area is 154 Å². The molecule has 26 heavy (non-hydrogen) atoms. The second kappa shape index (κ2) is 7.70.